The van der Waals surface area contributed by atoms with Gasteiger partial charge in [0, 0.05) is 28.5 Å². The first-order chi connectivity index (χ1) is 11.3. The smallest absolute Gasteiger partial charge is 0.248 e. The van der Waals surface area contributed by atoms with Gasteiger partial charge >= 0.3 is 0 Å². The highest BCUT2D eigenvalue weighted by Gasteiger charge is 2.42. The number of hydrogen-bond acceptors (Lipinski definition) is 3. The van der Waals surface area contributed by atoms with E-state index in [0.29, 0.717) is 10.8 Å². The Morgan fingerprint density at radius 3 is 2.58 bits per heavy atom. The fraction of sp³-hybridized carbons (Fsp3) is 0.444. The van der Waals surface area contributed by atoms with E-state index >= 15 is 0 Å². The highest BCUT2D eigenvalue weighted by Crippen LogP contribution is 2.44. The highest BCUT2D eigenvalue weighted by atomic mass is 35.5. The molecule has 24 heavy (non-hydrogen) atoms. The van der Waals surface area contributed by atoms with Gasteiger partial charge in [-0.3, -0.25) is 9.59 Å². The molecule has 130 valence electrons. The van der Waals surface area contributed by atoms with Crippen molar-refractivity contribution < 1.29 is 9.59 Å². The Kier molecular flexibility index (Phi) is 6.35. The second kappa shape index (κ2) is 8.08. The monoisotopic (exact) mass is 366 g/mol. The Morgan fingerprint density at radius 2 is 2.00 bits per heavy atom. The number of nitrogens with one attached hydrogen (secondary N) is 1. The summed E-state index contributed by atoms with van der Waals surface area (Å²) in [5.74, 6) is 0.271. The molecule has 1 heterocycles. The van der Waals surface area contributed by atoms with Crippen molar-refractivity contribution in [3.05, 3.63) is 46.5 Å². The van der Waals surface area contributed by atoms with Gasteiger partial charge in [-0.1, -0.05) is 35.4 Å². The molecule has 0 bridgehead atoms. The quantitative estimate of drug-likeness (QED) is 0.825. The average molecular weight is 367 g/mol. The van der Waals surface area contributed by atoms with Gasteiger partial charge in [0.05, 0.1) is 0 Å². The van der Waals surface area contributed by atoms with Crippen LogP contribution in [0.3, 0.4) is 0 Å². The van der Waals surface area contributed by atoms with Crippen molar-refractivity contribution in [3.63, 3.8) is 0 Å². The predicted octanol–water partition coefficient (Wildman–Crippen LogP) is 3.77. The van der Waals surface area contributed by atoms with E-state index in [1.54, 1.807) is 22.7 Å². The van der Waals surface area contributed by atoms with Gasteiger partial charge < -0.3 is 10.2 Å². The summed E-state index contributed by atoms with van der Waals surface area (Å²) in [4.78, 5) is 27.0. The SMILES string of the molecule is CC(C)=CC(=O)N1C(C(=O)NC(C)C)CSC1c1ccccc1Cl. The van der Waals surface area contributed by atoms with Crippen LogP contribution in [0.1, 0.15) is 38.6 Å². The summed E-state index contributed by atoms with van der Waals surface area (Å²) in [7, 11) is 0. The molecule has 6 heteroatoms. The van der Waals surface area contributed by atoms with Crippen LogP contribution in [0.2, 0.25) is 5.02 Å². The number of benzene rings is 1. The van der Waals surface area contributed by atoms with E-state index in [-0.39, 0.29) is 23.2 Å². The first kappa shape index (κ1) is 18.9. The van der Waals surface area contributed by atoms with Crippen LogP contribution < -0.4 is 5.32 Å². The zero-order valence-corrected chi connectivity index (χ0v) is 15.9. The number of carbonyl (C=O) groups excluding carboxylic acids is 2. The largest absolute Gasteiger partial charge is 0.352 e. The summed E-state index contributed by atoms with van der Waals surface area (Å²) >= 11 is 7.89. The lowest BCUT2D eigenvalue weighted by atomic mass is 10.1. The molecule has 0 saturated carbocycles. The maximum absolute atomic E-state index is 12.8. The summed E-state index contributed by atoms with van der Waals surface area (Å²) < 4.78 is 0. The fourth-order valence-corrected chi connectivity index (χ4v) is 4.37. The Morgan fingerprint density at radius 1 is 1.33 bits per heavy atom. The second-order valence-electron chi connectivity index (χ2n) is 6.35. The molecule has 2 atom stereocenters. The molecule has 1 aromatic rings. The van der Waals surface area contributed by atoms with Gasteiger partial charge in [-0.05, 0) is 33.8 Å². The molecule has 1 aromatic carbocycles. The van der Waals surface area contributed by atoms with Gasteiger partial charge in [0.15, 0.2) is 0 Å². The number of amides is 2. The van der Waals surface area contributed by atoms with Crippen LogP contribution in [0.15, 0.2) is 35.9 Å². The van der Waals surface area contributed by atoms with Crippen LogP contribution in [0.4, 0.5) is 0 Å². The number of carbonyl (C=O) groups is 2. The van der Waals surface area contributed by atoms with Crippen molar-refractivity contribution in [2.75, 3.05) is 5.75 Å². The molecule has 1 aliphatic rings. The second-order valence-corrected chi connectivity index (χ2v) is 7.87. The summed E-state index contributed by atoms with van der Waals surface area (Å²) in [5.41, 5.74) is 1.76. The van der Waals surface area contributed by atoms with E-state index in [1.807, 2.05) is 52.0 Å². The first-order valence-corrected chi connectivity index (χ1v) is 9.37. The third-order valence-corrected chi connectivity index (χ3v) is 5.22. The zero-order chi connectivity index (χ0) is 17.9. The fourth-order valence-electron chi connectivity index (χ4n) is 2.59. The first-order valence-electron chi connectivity index (χ1n) is 7.95. The van der Waals surface area contributed by atoms with E-state index in [2.05, 4.69) is 5.32 Å². The zero-order valence-electron chi connectivity index (χ0n) is 14.4. The van der Waals surface area contributed by atoms with Gasteiger partial charge in [-0.15, -0.1) is 11.8 Å². The minimum Gasteiger partial charge on any atom is -0.352 e. The van der Waals surface area contributed by atoms with Crippen LogP contribution in [0.5, 0.6) is 0 Å². The van der Waals surface area contributed by atoms with Crippen molar-refractivity contribution in [3.8, 4) is 0 Å². The van der Waals surface area contributed by atoms with E-state index in [1.165, 1.54) is 0 Å². The topological polar surface area (TPSA) is 49.4 Å². The molecule has 1 fully saturated rings. The minimum absolute atomic E-state index is 0.0299. The van der Waals surface area contributed by atoms with E-state index in [9.17, 15) is 9.59 Å². The Bertz CT molecular complexity index is 656. The lowest BCUT2D eigenvalue weighted by Gasteiger charge is -2.29. The number of nitrogens with zero attached hydrogens (tertiary/aromatic N) is 1. The average Bonchev–Trinajstić information content (AvgIpc) is 2.91. The number of halogens is 1. The molecule has 1 N–H and O–H groups in total. The molecular weight excluding hydrogens is 344 g/mol. The highest BCUT2D eigenvalue weighted by molar-refractivity contribution is 7.99. The van der Waals surface area contributed by atoms with Crippen molar-refractivity contribution in [1.82, 2.24) is 10.2 Å². The van der Waals surface area contributed by atoms with Crippen molar-refractivity contribution >= 4 is 35.2 Å². The maximum atomic E-state index is 12.8. The Balaban J connectivity index is 2.37. The maximum Gasteiger partial charge on any atom is 0.248 e. The number of hydrogen-bond donors (Lipinski definition) is 1. The summed E-state index contributed by atoms with van der Waals surface area (Å²) in [6.07, 6.45) is 1.57. The summed E-state index contributed by atoms with van der Waals surface area (Å²) in [6, 6.07) is 7.00. The van der Waals surface area contributed by atoms with Gasteiger partial charge in [-0.2, -0.15) is 0 Å². The number of thioether (sulfide) groups is 1. The van der Waals surface area contributed by atoms with Gasteiger partial charge in [0.25, 0.3) is 0 Å². The van der Waals surface area contributed by atoms with Gasteiger partial charge in [-0.25, -0.2) is 0 Å². The Hall–Kier alpha value is -1.46. The lowest BCUT2D eigenvalue weighted by molar-refractivity contribution is -0.136. The van der Waals surface area contributed by atoms with E-state index in [0.717, 1.165) is 11.1 Å². The molecule has 1 aliphatic heterocycles. The molecule has 2 rings (SSSR count). The molecule has 0 aromatic heterocycles. The minimum atomic E-state index is -0.498. The summed E-state index contributed by atoms with van der Waals surface area (Å²) in [6.45, 7) is 7.56. The van der Waals surface area contributed by atoms with E-state index in [4.69, 9.17) is 11.6 Å². The third-order valence-electron chi connectivity index (χ3n) is 3.57. The molecule has 0 aliphatic carbocycles. The van der Waals surface area contributed by atoms with Crippen molar-refractivity contribution in [1.29, 1.82) is 0 Å². The van der Waals surface area contributed by atoms with Crippen LogP contribution in [-0.4, -0.2) is 34.6 Å². The molecule has 4 nitrogen and oxygen atoms in total. The molecule has 1 saturated heterocycles. The van der Waals surface area contributed by atoms with Crippen LogP contribution in [0.25, 0.3) is 0 Å². The molecule has 0 spiro atoms. The standard InChI is InChI=1S/C18H23ClN2O2S/c1-11(2)9-16(22)21-15(17(23)20-12(3)4)10-24-18(21)13-7-5-6-8-14(13)19/h5-9,12,15,18H,10H2,1-4H3,(H,20,23). The lowest BCUT2D eigenvalue weighted by Crippen LogP contribution is -2.49. The van der Waals surface area contributed by atoms with Gasteiger partial charge in [0.1, 0.15) is 11.4 Å². The van der Waals surface area contributed by atoms with E-state index < -0.39 is 6.04 Å². The molecular formula is C18H23ClN2O2S. The number of rotatable bonds is 4. The van der Waals surface area contributed by atoms with Crippen LogP contribution in [-0.2, 0) is 9.59 Å². The molecule has 2 amide bonds. The van der Waals surface area contributed by atoms with Crippen molar-refractivity contribution in [2.24, 2.45) is 0 Å². The van der Waals surface area contributed by atoms with Crippen LogP contribution in [0, 0.1) is 0 Å². The number of allylic oxidation sites excluding steroid dienone is 1. The Labute approximate surface area is 152 Å². The van der Waals surface area contributed by atoms with Gasteiger partial charge in [0.2, 0.25) is 11.8 Å². The third kappa shape index (κ3) is 4.33. The van der Waals surface area contributed by atoms with Crippen molar-refractivity contribution in [2.45, 2.75) is 45.2 Å². The summed E-state index contributed by atoms with van der Waals surface area (Å²) in [5, 5.41) is 3.26. The molecule has 0 radical (unpaired) electrons. The normalized spacial score (nSPS) is 20.2. The predicted molar refractivity (Wildman–Crippen MR) is 100.0 cm³/mol. The molecule has 2 unspecified atom stereocenters. The van der Waals surface area contributed by atoms with Crippen LogP contribution >= 0.6 is 23.4 Å².